The van der Waals surface area contributed by atoms with Gasteiger partial charge in [0.05, 0.1) is 5.92 Å². The number of hydrogen-bond acceptors (Lipinski definition) is 4. The van der Waals surface area contributed by atoms with Crippen LogP contribution in [-0.2, 0) is 0 Å². The Balaban J connectivity index is 2.03. The van der Waals surface area contributed by atoms with Crippen molar-refractivity contribution in [3.8, 4) is 0 Å². The Hall–Kier alpha value is -0.900. The van der Waals surface area contributed by atoms with Gasteiger partial charge in [-0.15, -0.1) is 0 Å². The van der Waals surface area contributed by atoms with Gasteiger partial charge in [0.2, 0.25) is 5.89 Å². The average Bonchev–Trinajstić information content (AvgIpc) is 2.80. The smallest absolute Gasteiger partial charge is 0.231 e. The van der Waals surface area contributed by atoms with Gasteiger partial charge in [0.15, 0.2) is 5.82 Å². The highest BCUT2D eigenvalue weighted by Gasteiger charge is 2.25. The number of nitrogens with one attached hydrogen (secondary N) is 1. The molecule has 2 rings (SSSR count). The Morgan fingerprint density at radius 2 is 1.90 bits per heavy atom. The molecule has 1 heterocycles. The molecule has 1 saturated carbocycles. The topological polar surface area (TPSA) is 51.0 Å². The first kappa shape index (κ1) is 15.5. The first-order valence-corrected chi connectivity index (χ1v) is 8.33. The fourth-order valence-electron chi connectivity index (χ4n) is 3.24. The van der Waals surface area contributed by atoms with E-state index in [1.165, 1.54) is 38.5 Å². The molecule has 1 aliphatic rings. The molecule has 0 saturated heterocycles. The molecule has 114 valence electrons. The van der Waals surface area contributed by atoms with Gasteiger partial charge in [-0.05, 0) is 25.8 Å². The normalized spacial score (nSPS) is 20.6. The molecular weight excluding hydrogens is 250 g/mol. The summed E-state index contributed by atoms with van der Waals surface area (Å²) in [6.07, 6.45) is 8.84. The zero-order valence-electron chi connectivity index (χ0n) is 13.2. The fraction of sp³-hybridized carbons (Fsp3) is 0.875. The standard InChI is InChI=1S/C16H29N3O/c1-4-14(17-5-2)12(3)16-18-15(19-20-16)13-10-8-6-7-9-11-13/h12-14,17H,4-11H2,1-3H3. The summed E-state index contributed by atoms with van der Waals surface area (Å²) in [6, 6.07) is 0.419. The molecule has 2 atom stereocenters. The van der Waals surface area contributed by atoms with E-state index in [-0.39, 0.29) is 5.92 Å². The molecule has 0 aromatic carbocycles. The van der Waals surface area contributed by atoms with Crippen LogP contribution in [0.25, 0.3) is 0 Å². The maximum Gasteiger partial charge on any atom is 0.231 e. The predicted molar refractivity (Wildman–Crippen MR) is 80.9 cm³/mol. The third-order valence-corrected chi connectivity index (χ3v) is 4.58. The Morgan fingerprint density at radius 3 is 2.50 bits per heavy atom. The summed E-state index contributed by atoms with van der Waals surface area (Å²) in [7, 11) is 0. The third-order valence-electron chi connectivity index (χ3n) is 4.58. The van der Waals surface area contributed by atoms with Crippen molar-refractivity contribution in [2.75, 3.05) is 6.54 Å². The van der Waals surface area contributed by atoms with E-state index < -0.39 is 0 Å². The van der Waals surface area contributed by atoms with Gasteiger partial charge < -0.3 is 9.84 Å². The summed E-state index contributed by atoms with van der Waals surface area (Å²) in [4.78, 5) is 4.71. The second kappa shape index (κ2) is 7.77. The fourth-order valence-corrected chi connectivity index (χ4v) is 3.24. The molecule has 1 aliphatic carbocycles. The van der Waals surface area contributed by atoms with Gasteiger partial charge in [0.25, 0.3) is 0 Å². The van der Waals surface area contributed by atoms with Crippen molar-refractivity contribution in [1.82, 2.24) is 15.5 Å². The lowest BCUT2D eigenvalue weighted by molar-refractivity contribution is 0.317. The molecule has 20 heavy (non-hydrogen) atoms. The van der Waals surface area contributed by atoms with E-state index in [9.17, 15) is 0 Å². The lowest BCUT2D eigenvalue weighted by Crippen LogP contribution is -2.33. The molecule has 2 unspecified atom stereocenters. The van der Waals surface area contributed by atoms with Crippen molar-refractivity contribution in [2.45, 2.75) is 83.6 Å². The maximum absolute atomic E-state index is 5.55. The molecule has 4 heteroatoms. The Labute approximate surface area is 122 Å². The van der Waals surface area contributed by atoms with Crippen LogP contribution in [0.2, 0.25) is 0 Å². The van der Waals surface area contributed by atoms with Crippen molar-refractivity contribution >= 4 is 0 Å². The molecule has 0 radical (unpaired) electrons. The summed E-state index contributed by atoms with van der Waals surface area (Å²) >= 11 is 0. The number of hydrogen-bond donors (Lipinski definition) is 1. The quantitative estimate of drug-likeness (QED) is 0.800. The second-order valence-corrected chi connectivity index (χ2v) is 6.04. The predicted octanol–water partition coefficient (Wildman–Crippen LogP) is 4.00. The lowest BCUT2D eigenvalue weighted by Gasteiger charge is -2.20. The van der Waals surface area contributed by atoms with E-state index in [0.29, 0.717) is 12.0 Å². The van der Waals surface area contributed by atoms with E-state index >= 15 is 0 Å². The van der Waals surface area contributed by atoms with Crippen LogP contribution in [0, 0.1) is 0 Å². The largest absolute Gasteiger partial charge is 0.339 e. The third kappa shape index (κ3) is 3.81. The summed E-state index contributed by atoms with van der Waals surface area (Å²) in [5.41, 5.74) is 0. The van der Waals surface area contributed by atoms with Gasteiger partial charge in [0.1, 0.15) is 0 Å². The molecule has 0 spiro atoms. The van der Waals surface area contributed by atoms with Gasteiger partial charge >= 0.3 is 0 Å². The maximum atomic E-state index is 5.55. The number of nitrogens with zero attached hydrogens (tertiary/aromatic N) is 2. The highest BCUT2D eigenvalue weighted by molar-refractivity contribution is 5.01. The molecular formula is C16H29N3O. The van der Waals surface area contributed by atoms with Crippen LogP contribution in [0.1, 0.15) is 89.3 Å². The zero-order valence-corrected chi connectivity index (χ0v) is 13.2. The Kier molecular flexibility index (Phi) is 6.02. The molecule has 1 aromatic rings. The molecule has 1 N–H and O–H groups in total. The summed E-state index contributed by atoms with van der Waals surface area (Å²) in [5, 5.41) is 7.77. The van der Waals surface area contributed by atoms with Gasteiger partial charge in [-0.1, -0.05) is 51.6 Å². The van der Waals surface area contributed by atoms with Crippen LogP contribution in [0.15, 0.2) is 4.52 Å². The number of rotatable bonds is 6. The summed E-state index contributed by atoms with van der Waals surface area (Å²) in [6.45, 7) is 7.50. The highest BCUT2D eigenvalue weighted by Crippen LogP contribution is 2.31. The van der Waals surface area contributed by atoms with Crippen molar-refractivity contribution in [1.29, 1.82) is 0 Å². The Morgan fingerprint density at radius 1 is 1.20 bits per heavy atom. The van der Waals surface area contributed by atoms with Crippen LogP contribution in [0.5, 0.6) is 0 Å². The molecule has 0 amide bonds. The number of likely N-dealkylation sites (N-methyl/N-ethyl adjacent to an activating group) is 1. The average molecular weight is 279 g/mol. The minimum atomic E-state index is 0.284. The zero-order chi connectivity index (χ0) is 14.4. The van der Waals surface area contributed by atoms with Gasteiger partial charge in [-0.25, -0.2) is 0 Å². The molecule has 1 fully saturated rings. The minimum Gasteiger partial charge on any atom is -0.339 e. The molecule has 0 aliphatic heterocycles. The molecule has 1 aromatic heterocycles. The van der Waals surface area contributed by atoms with Crippen molar-refractivity contribution in [3.63, 3.8) is 0 Å². The van der Waals surface area contributed by atoms with Crippen LogP contribution >= 0.6 is 0 Å². The van der Waals surface area contributed by atoms with Gasteiger partial charge in [-0.2, -0.15) is 4.98 Å². The summed E-state index contributed by atoms with van der Waals surface area (Å²) in [5.74, 6) is 2.55. The van der Waals surface area contributed by atoms with E-state index in [4.69, 9.17) is 9.51 Å². The lowest BCUT2D eigenvalue weighted by atomic mass is 9.98. The van der Waals surface area contributed by atoms with E-state index in [0.717, 1.165) is 24.7 Å². The van der Waals surface area contributed by atoms with Crippen LogP contribution in [0.3, 0.4) is 0 Å². The number of aromatic nitrogens is 2. The highest BCUT2D eigenvalue weighted by atomic mass is 16.5. The van der Waals surface area contributed by atoms with Gasteiger partial charge in [-0.3, -0.25) is 0 Å². The van der Waals surface area contributed by atoms with Crippen molar-refractivity contribution in [3.05, 3.63) is 11.7 Å². The first-order chi connectivity index (χ1) is 9.76. The first-order valence-electron chi connectivity index (χ1n) is 8.33. The van der Waals surface area contributed by atoms with Crippen LogP contribution in [0.4, 0.5) is 0 Å². The SMILES string of the molecule is CCNC(CC)C(C)c1nc(C2CCCCCC2)no1. The van der Waals surface area contributed by atoms with Crippen LogP contribution in [-0.4, -0.2) is 22.7 Å². The van der Waals surface area contributed by atoms with E-state index in [1.54, 1.807) is 0 Å². The minimum absolute atomic E-state index is 0.284. The van der Waals surface area contributed by atoms with E-state index in [1.807, 2.05) is 0 Å². The molecule has 4 nitrogen and oxygen atoms in total. The molecule has 0 bridgehead atoms. The second-order valence-electron chi connectivity index (χ2n) is 6.04. The summed E-state index contributed by atoms with van der Waals surface area (Å²) < 4.78 is 5.55. The van der Waals surface area contributed by atoms with E-state index in [2.05, 4.69) is 31.2 Å². The van der Waals surface area contributed by atoms with Gasteiger partial charge in [0, 0.05) is 12.0 Å². The Bertz CT molecular complexity index is 383. The van der Waals surface area contributed by atoms with Crippen molar-refractivity contribution < 1.29 is 4.52 Å². The van der Waals surface area contributed by atoms with Crippen LogP contribution < -0.4 is 5.32 Å². The van der Waals surface area contributed by atoms with Crippen molar-refractivity contribution in [2.24, 2.45) is 0 Å². The monoisotopic (exact) mass is 279 g/mol.